The highest BCUT2D eigenvalue weighted by Crippen LogP contribution is 2.31. The van der Waals surface area contributed by atoms with E-state index in [1.807, 2.05) is 38.4 Å². The smallest absolute Gasteiger partial charge is 0.110 e. The van der Waals surface area contributed by atoms with Gasteiger partial charge in [-0.1, -0.05) is 56.2 Å². The first-order valence-corrected chi connectivity index (χ1v) is 9.18. The van der Waals surface area contributed by atoms with Crippen LogP contribution in [0.25, 0.3) is 0 Å². The monoisotopic (exact) mass is 333 g/mol. The highest BCUT2D eigenvalue weighted by atomic mass is 15.1. The third-order valence-electron chi connectivity index (χ3n) is 4.58. The fourth-order valence-electron chi connectivity index (χ4n) is 3.03. The number of unbranched alkanes of at least 4 members (excludes halogenated alkanes) is 2. The number of nitrogens with zero attached hydrogens (tertiary/aromatic N) is 3. The second kappa shape index (κ2) is 8.11. The zero-order valence-corrected chi connectivity index (χ0v) is 15.5. The van der Waals surface area contributed by atoms with Crippen molar-refractivity contribution in [3.05, 3.63) is 59.7 Å². The number of hydrogen-bond donors (Lipinski definition) is 0. The van der Waals surface area contributed by atoms with E-state index in [4.69, 9.17) is 9.98 Å². The molecule has 0 unspecified atom stereocenters. The van der Waals surface area contributed by atoms with Crippen molar-refractivity contribution in [1.82, 2.24) is 4.90 Å². The molecule has 0 atom stereocenters. The van der Waals surface area contributed by atoms with Gasteiger partial charge in [0.05, 0.1) is 17.1 Å². The number of hydrogen-bond acceptors (Lipinski definition) is 3. The molecule has 0 bridgehead atoms. The van der Waals surface area contributed by atoms with Crippen molar-refractivity contribution in [1.29, 1.82) is 0 Å². The number of aliphatic imine (C=N–C) groups is 2. The quantitative estimate of drug-likeness (QED) is 0.661. The maximum absolute atomic E-state index is 4.92. The molecule has 0 saturated heterocycles. The Morgan fingerprint density at radius 2 is 1.56 bits per heavy atom. The summed E-state index contributed by atoms with van der Waals surface area (Å²) in [5, 5.41) is 0. The number of aryl methyl sites for hydroxylation is 1. The summed E-state index contributed by atoms with van der Waals surface area (Å²) in [6, 6.07) is 17.0. The van der Waals surface area contributed by atoms with E-state index in [9.17, 15) is 0 Å². The van der Waals surface area contributed by atoms with E-state index in [0.29, 0.717) is 0 Å². The summed E-state index contributed by atoms with van der Waals surface area (Å²) < 4.78 is 0. The molecule has 0 N–H and O–H groups in total. The fraction of sp³-hybridized carbons (Fsp3) is 0.364. The molecule has 0 saturated carbocycles. The molecule has 0 amide bonds. The lowest BCUT2D eigenvalue weighted by Gasteiger charge is -2.15. The van der Waals surface area contributed by atoms with Crippen LogP contribution in [-0.4, -0.2) is 30.5 Å². The standard InChI is InChI=1S/C22H27N3/c1-4-5-6-9-17-12-14-18(15-13-17)21-16-22(25(2)3)24-20-11-8-7-10-19(20)23-21/h7-8,10-15H,4-6,9,16H2,1-3H3. The van der Waals surface area contributed by atoms with Crippen molar-refractivity contribution < 1.29 is 0 Å². The zero-order chi connectivity index (χ0) is 17.6. The van der Waals surface area contributed by atoms with Crippen molar-refractivity contribution in [2.24, 2.45) is 9.98 Å². The van der Waals surface area contributed by atoms with Crippen molar-refractivity contribution >= 4 is 22.9 Å². The van der Waals surface area contributed by atoms with Crippen LogP contribution in [0, 0.1) is 0 Å². The molecular weight excluding hydrogens is 306 g/mol. The lowest BCUT2D eigenvalue weighted by Crippen LogP contribution is -2.24. The normalized spacial score (nSPS) is 13.6. The van der Waals surface area contributed by atoms with E-state index >= 15 is 0 Å². The van der Waals surface area contributed by atoms with E-state index in [2.05, 4.69) is 36.1 Å². The molecule has 1 aliphatic rings. The van der Waals surface area contributed by atoms with Gasteiger partial charge in [0.25, 0.3) is 0 Å². The summed E-state index contributed by atoms with van der Waals surface area (Å²) in [4.78, 5) is 11.8. The van der Waals surface area contributed by atoms with Gasteiger partial charge in [-0.2, -0.15) is 0 Å². The Hall–Kier alpha value is -2.42. The van der Waals surface area contributed by atoms with Crippen LogP contribution in [0.2, 0.25) is 0 Å². The Morgan fingerprint density at radius 1 is 0.880 bits per heavy atom. The average Bonchev–Trinajstić information content (AvgIpc) is 2.82. The molecular formula is C22H27N3. The van der Waals surface area contributed by atoms with Crippen LogP contribution in [0.3, 0.4) is 0 Å². The summed E-state index contributed by atoms with van der Waals surface area (Å²) >= 11 is 0. The predicted octanol–water partition coefficient (Wildman–Crippen LogP) is 5.54. The molecule has 0 spiro atoms. The second-order valence-electron chi connectivity index (χ2n) is 6.80. The number of rotatable bonds is 5. The van der Waals surface area contributed by atoms with Crippen LogP contribution >= 0.6 is 0 Å². The first-order chi connectivity index (χ1) is 12.2. The molecule has 0 fully saturated rings. The van der Waals surface area contributed by atoms with E-state index in [-0.39, 0.29) is 0 Å². The van der Waals surface area contributed by atoms with Gasteiger partial charge in [-0.05, 0) is 36.1 Å². The fourth-order valence-corrected chi connectivity index (χ4v) is 3.03. The third-order valence-corrected chi connectivity index (χ3v) is 4.58. The topological polar surface area (TPSA) is 28.0 Å². The maximum Gasteiger partial charge on any atom is 0.110 e. The Kier molecular flexibility index (Phi) is 5.64. The van der Waals surface area contributed by atoms with E-state index in [0.717, 1.165) is 35.8 Å². The molecule has 0 radical (unpaired) electrons. The number of amidine groups is 1. The molecule has 3 heteroatoms. The molecule has 25 heavy (non-hydrogen) atoms. The molecule has 0 aliphatic carbocycles. The van der Waals surface area contributed by atoms with Gasteiger partial charge in [0, 0.05) is 20.5 Å². The van der Waals surface area contributed by atoms with Crippen molar-refractivity contribution in [2.75, 3.05) is 14.1 Å². The number of benzene rings is 2. The van der Waals surface area contributed by atoms with Crippen LogP contribution in [0.4, 0.5) is 11.4 Å². The van der Waals surface area contributed by atoms with Crippen molar-refractivity contribution in [3.8, 4) is 0 Å². The SMILES string of the molecule is CCCCCc1ccc(C2=Nc3ccccc3N=C(N(C)C)C2)cc1. The number of para-hydroxylation sites is 2. The largest absolute Gasteiger partial charge is 0.366 e. The molecule has 2 aromatic carbocycles. The molecule has 3 nitrogen and oxygen atoms in total. The summed E-state index contributed by atoms with van der Waals surface area (Å²) in [7, 11) is 4.09. The maximum atomic E-state index is 4.92. The molecule has 2 aromatic rings. The van der Waals surface area contributed by atoms with Gasteiger partial charge in [0.1, 0.15) is 5.84 Å². The zero-order valence-electron chi connectivity index (χ0n) is 15.5. The third kappa shape index (κ3) is 4.36. The minimum atomic E-state index is 0.747. The molecule has 1 heterocycles. The van der Waals surface area contributed by atoms with Crippen LogP contribution in [0.1, 0.15) is 43.7 Å². The summed E-state index contributed by atoms with van der Waals surface area (Å²) in [5.41, 5.74) is 5.56. The van der Waals surface area contributed by atoms with Crippen LogP contribution in [-0.2, 0) is 6.42 Å². The number of fused-ring (bicyclic) bond motifs is 1. The van der Waals surface area contributed by atoms with Crippen molar-refractivity contribution in [2.45, 2.75) is 39.0 Å². The molecule has 0 aromatic heterocycles. The Morgan fingerprint density at radius 3 is 2.20 bits per heavy atom. The first kappa shape index (κ1) is 17.4. The van der Waals surface area contributed by atoms with Gasteiger partial charge in [-0.3, -0.25) is 4.99 Å². The second-order valence-corrected chi connectivity index (χ2v) is 6.80. The predicted molar refractivity (Wildman–Crippen MR) is 108 cm³/mol. The lowest BCUT2D eigenvalue weighted by molar-refractivity contribution is 0.614. The summed E-state index contributed by atoms with van der Waals surface area (Å²) in [5.74, 6) is 1.04. The van der Waals surface area contributed by atoms with Gasteiger partial charge in [-0.15, -0.1) is 0 Å². The van der Waals surface area contributed by atoms with Crippen LogP contribution in [0.15, 0.2) is 58.5 Å². The van der Waals surface area contributed by atoms with Gasteiger partial charge in [-0.25, -0.2) is 4.99 Å². The minimum Gasteiger partial charge on any atom is -0.366 e. The highest BCUT2D eigenvalue weighted by Gasteiger charge is 2.16. The van der Waals surface area contributed by atoms with E-state index in [1.54, 1.807) is 0 Å². The highest BCUT2D eigenvalue weighted by molar-refractivity contribution is 6.14. The molecule has 130 valence electrons. The van der Waals surface area contributed by atoms with Crippen LogP contribution in [0.5, 0.6) is 0 Å². The van der Waals surface area contributed by atoms with Gasteiger partial charge in [0.15, 0.2) is 0 Å². The Bertz CT molecular complexity index is 770. The Balaban J connectivity index is 1.88. The van der Waals surface area contributed by atoms with Crippen LogP contribution < -0.4 is 0 Å². The minimum absolute atomic E-state index is 0.747. The average molecular weight is 333 g/mol. The van der Waals surface area contributed by atoms with Crippen molar-refractivity contribution in [3.63, 3.8) is 0 Å². The Labute approximate surface area is 151 Å². The van der Waals surface area contributed by atoms with Gasteiger partial charge < -0.3 is 4.90 Å². The lowest BCUT2D eigenvalue weighted by atomic mass is 10.0. The van der Waals surface area contributed by atoms with Gasteiger partial charge in [0.2, 0.25) is 0 Å². The molecule has 3 rings (SSSR count). The summed E-state index contributed by atoms with van der Waals surface area (Å²) in [6.07, 6.45) is 5.74. The first-order valence-electron chi connectivity index (χ1n) is 9.18. The summed E-state index contributed by atoms with van der Waals surface area (Å²) in [6.45, 7) is 2.25. The van der Waals surface area contributed by atoms with Gasteiger partial charge >= 0.3 is 0 Å². The van der Waals surface area contributed by atoms with E-state index < -0.39 is 0 Å². The molecule has 1 aliphatic heterocycles. The van der Waals surface area contributed by atoms with E-state index in [1.165, 1.54) is 30.4 Å².